The van der Waals surface area contributed by atoms with Crippen molar-refractivity contribution in [1.82, 2.24) is 0 Å². The minimum atomic E-state index is -0.449. The number of nitriles is 1. The van der Waals surface area contributed by atoms with E-state index in [-0.39, 0.29) is 5.78 Å². The van der Waals surface area contributed by atoms with Crippen LogP contribution in [0, 0.1) is 17.2 Å². The smallest absolute Gasteiger partial charge is 0.170 e. The van der Waals surface area contributed by atoms with Crippen molar-refractivity contribution < 1.29 is 4.79 Å². The molecule has 1 fully saturated rings. The van der Waals surface area contributed by atoms with E-state index in [1.165, 1.54) is 0 Å². The molecule has 0 saturated carbocycles. The fourth-order valence-electron chi connectivity index (χ4n) is 1.63. The maximum atomic E-state index is 11.3. The predicted octanol–water partition coefficient (Wildman–Crippen LogP) is 1.22. The molecule has 0 unspecified atom stereocenters. The molecule has 0 radical (unpaired) electrons. The van der Waals surface area contributed by atoms with E-state index in [9.17, 15) is 4.79 Å². The third kappa shape index (κ3) is 1.47. The summed E-state index contributed by atoms with van der Waals surface area (Å²) < 4.78 is 0. The molecule has 1 saturated heterocycles. The van der Waals surface area contributed by atoms with Crippen LogP contribution in [0.4, 0.5) is 5.69 Å². The standard InChI is InChI=1S/C11H10N2O/c12-6-9-7-13(8-11(9)14)10-4-2-1-3-5-10/h1-5,9H,7-8H2/t9-/m0/s1. The molecule has 1 atom stereocenters. The summed E-state index contributed by atoms with van der Waals surface area (Å²) in [6.45, 7) is 0.890. The lowest BCUT2D eigenvalue weighted by molar-refractivity contribution is -0.118. The van der Waals surface area contributed by atoms with Crippen LogP contribution in [0.2, 0.25) is 0 Å². The van der Waals surface area contributed by atoms with Crippen molar-refractivity contribution in [3.8, 4) is 6.07 Å². The second-order valence-corrected chi connectivity index (χ2v) is 3.36. The third-order valence-corrected chi connectivity index (χ3v) is 2.42. The predicted molar refractivity (Wildman–Crippen MR) is 52.8 cm³/mol. The van der Waals surface area contributed by atoms with Crippen LogP contribution in [0.1, 0.15) is 0 Å². The van der Waals surface area contributed by atoms with Crippen molar-refractivity contribution in [2.75, 3.05) is 18.0 Å². The molecule has 2 rings (SSSR count). The number of ketones is 1. The lowest BCUT2D eigenvalue weighted by Gasteiger charge is -2.15. The minimum absolute atomic E-state index is 0.0244. The van der Waals surface area contributed by atoms with E-state index in [1.807, 2.05) is 41.3 Å². The van der Waals surface area contributed by atoms with Crippen LogP contribution in [-0.4, -0.2) is 18.9 Å². The average molecular weight is 186 g/mol. The van der Waals surface area contributed by atoms with E-state index in [1.54, 1.807) is 0 Å². The van der Waals surface area contributed by atoms with Gasteiger partial charge in [-0.1, -0.05) is 18.2 Å². The summed E-state index contributed by atoms with van der Waals surface area (Å²) in [5, 5.41) is 8.70. The van der Waals surface area contributed by atoms with Crippen molar-refractivity contribution in [3.05, 3.63) is 30.3 Å². The van der Waals surface area contributed by atoms with Crippen LogP contribution in [0.3, 0.4) is 0 Å². The van der Waals surface area contributed by atoms with Gasteiger partial charge in [0.1, 0.15) is 5.92 Å². The van der Waals surface area contributed by atoms with Crippen molar-refractivity contribution in [2.45, 2.75) is 0 Å². The number of hydrogen-bond donors (Lipinski definition) is 0. The molecule has 70 valence electrons. The van der Waals surface area contributed by atoms with Gasteiger partial charge in [-0.05, 0) is 12.1 Å². The molecule has 1 heterocycles. The summed E-state index contributed by atoms with van der Waals surface area (Å²) in [5.41, 5.74) is 1.01. The molecule has 3 nitrogen and oxygen atoms in total. The molecule has 0 amide bonds. The molecular weight excluding hydrogens is 176 g/mol. The topological polar surface area (TPSA) is 44.1 Å². The lowest BCUT2D eigenvalue weighted by atomic mass is 10.1. The van der Waals surface area contributed by atoms with Crippen LogP contribution in [-0.2, 0) is 4.79 Å². The molecule has 0 spiro atoms. The highest BCUT2D eigenvalue weighted by molar-refractivity contribution is 5.91. The maximum Gasteiger partial charge on any atom is 0.170 e. The number of Topliss-reactive ketones (excluding diaryl/α,β-unsaturated/α-hetero) is 1. The number of para-hydroxylation sites is 1. The molecule has 0 bridgehead atoms. The van der Waals surface area contributed by atoms with Gasteiger partial charge in [-0.15, -0.1) is 0 Å². The Hall–Kier alpha value is -1.82. The number of benzene rings is 1. The van der Waals surface area contributed by atoms with Gasteiger partial charge < -0.3 is 4.90 Å². The number of carbonyl (C=O) groups is 1. The average Bonchev–Trinajstić information content (AvgIpc) is 2.61. The fourth-order valence-corrected chi connectivity index (χ4v) is 1.63. The molecule has 3 heteroatoms. The fraction of sp³-hybridized carbons (Fsp3) is 0.273. The SMILES string of the molecule is N#C[C@H]1CN(c2ccccc2)CC1=O. The van der Waals surface area contributed by atoms with Crippen LogP contribution >= 0.6 is 0 Å². The molecule has 14 heavy (non-hydrogen) atoms. The zero-order chi connectivity index (χ0) is 9.97. The summed E-state index contributed by atoms with van der Waals surface area (Å²) in [7, 11) is 0. The Morgan fingerprint density at radius 2 is 2.07 bits per heavy atom. The Labute approximate surface area is 82.6 Å². The highest BCUT2D eigenvalue weighted by atomic mass is 16.1. The Morgan fingerprint density at radius 1 is 1.36 bits per heavy atom. The van der Waals surface area contributed by atoms with Crippen LogP contribution in [0.25, 0.3) is 0 Å². The molecule has 0 N–H and O–H groups in total. The summed E-state index contributed by atoms with van der Waals surface area (Å²) in [6, 6.07) is 11.7. The maximum absolute atomic E-state index is 11.3. The Kier molecular flexibility index (Phi) is 2.19. The first-order valence-electron chi connectivity index (χ1n) is 4.53. The molecule has 0 aliphatic carbocycles. The van der Waals surface area contributed by atoms with Crippen molar-refractivity contribution in [1.29, 1.82) is 5.26 Å². The largest absolute Gasteiger partial charge is 0.362 e. The van der Waals surface area contributed by atoms with Gasteiger partial charge in [0.25, 0.3) is 0 Å². The van der Waals surface area contributed by atoms with Crippen molar-refractivity contribution in [3.63, 3.8) is 0 Å². The van der Waals surface area contributed by atoms with Crippen LogP contribution in [0.15, 0.2) is 30.3 Å². The molecule has 1 aliphatic heterocycles. The Balaban J connectivity index is 2.18. The van der Waals surface area contributed by atoms with Gasteiger partial charge in [-0.25, -0.2) is 0 Å². The second-order valence-electron chi connectivity index (χ2n) is 3.36. The summed E-state index contributed by atoms with van der Waals surface area (Å²) in [5.74, 6) is -0.424. The number of rotatable bonds is 1. The molecule has 0 aromatic heterocycles. The third-order valence-electron chi connectivity index (χ3n) is 2.42. The lowest BCUT2D eigenvalue weighted by Crippen LogP contribution is -2.19. The van der Waals surface area contributed by atoms with Gasteiger partial charge in [0, 0.05) is 12.2 Å². The quantitative estimate of drug-likeness (QED) is 0.662. The molecule has 1 aromatic carbocycles. The highest BCUT2D eigenvalue weighted by Crippen LogP contribution is 2.20. The summed E-state index contributed by atoms with van der Waals surface area (Å²) >= 11 is 0. The molecule has 1 aliphatic rings. The first kappa shape index (κ1) is 8.76. The number of carbonyl (C=O) groups excluding carboxylic acids is 1. The highest BCUT2D eigenvalue weighted by Gasteiger charge is 2.30. The number of hydrogen-bond acceptors (Lipinski definition) is 3. The van der Waals surface area contributed by atoms with Crippen molar-refractivity contribution in [2.24, 2.45) is 5.92 Å². The zero-order valence-corrected chi connectivity index (χ0v) is 7.68. The summed E-state index contributed by atoms with van der Waals surface area (Å²) in [4.78, 5) is 13.3. The van der Waals surface area contributed by atoms with Gasteiger partial charge >= 0.3 is 0 Å². The van der Waals surface area contributed by atoms with Gasteiger partial charge in [0.15, 0.2) is 5.78 Å². The van der Waals surface area contributed by atoms with E-state index in [0.29, 0.717) is 13.1 Å². The van der Waals surface area contributed by atoms with Gasteiger partial charge in [-0.3, -0.25) is 4.79 Å². The van der Waals surface area contributed by atoms with Gasteiger partial charge in [0.05, 0.1) is 12.6 Å². The second kappa shape index (κ2) is 3.51. The first-order chi connectivity index (χ1) is 6.81. The first-order valence-corrected chi connectivity index (χ1v) is 4.53. The monoisotopic (exact) mass is 186 g/mol. The Bertz CT molecular complexity index is 380. The molecule has 1 aromatic rings. The van der Waals surface area contributed by atoms with E-state index < -0.39 is 5.92 Å². The Morgan fingerprint density at radius 3 is 2.64 bits per heavy atom. The zero-order valence-electron chi connectivity index (χ0n) is 7.68. The van der Waals surface area contributed by atoms with Crippen LogP contribution in [0.5, 0.6) is 0 Å². The van der Waals surface area contributed by atoms with Gasteiger partial charge in [0.2, 0.25) is 0 Å². The van der Waals surface area contributed by atoms with Gasteiger partial charge in [-0.2, -0.15) is 5.26 Å². The minimum Gasteiger partial charge on any atom is -0.362 e. The summed E-state index contributed by atoms with van der Waals surface area (Å²) in [6.07, 6.45) is 0. The molecular formula is C11H10N2O. The number of anilines is 1. The van der Waals surface area contributed by atoms with E-state index in [0.717, 1.165) is 5.69 Å². The van der Waals surface area contributed by atoms with Crippen LogP contribution < -0.4 is 4.90 Å². The van der Waals surface area contributed by atoms with E-state index in [2.05, 4.69) is 0 Å². The van der Waals surface area contributed by atoms with Crippen molar-refractivity contribution >= 4 is 11.5 Å². The number of nitrogens with zero attached hydrogens (tertiary/aromatic N) is 2. The normalized spacial score (nSPS) is 20.9. The van der Waals surface area contributed by atoms with E-state index in [4.69, 9.17) is 5.26 Å². The van der Waals surface area contributed by atoms with E-state index >= 15 is 0 Å².